The molecule has 0 atom stereocenters. The lowest BCUT2D eigenvalue weighted by atomic mass is 10.1. The molecule has 0 heterocycles. The number of hydrogen-bond donors (Lipinski definition) is 2. The standard InChI is InChI=1S/C15H23F2N3O.HI/c1-15(2,21-4)10-20-14(18-3)19-9-8-11-6-5-7-12(16)13(11)17;/h5-7H,8-10H2,1-4H3,(H2,18,19,20);1H. The number of halogens is 3. The minimum Gasteiger partial charge on any atom is -0.377 e. The van der Waals surface area contributed by atoms with E-state index < -0.39 is 11.6 Å². The highest BCUT2D eigenvalue weighted by Crippen LogP contribution is 2.11. The normalized spacial score (nSPS) is 11.8. The molecule has 0 bridgehead atoms. The summed E-state index contributed by atoms with van der Waals surface area (Å²) >= 11 is 0. The molecule has 0 unspecified atom stereocenters. The molecule has 2 N–H and O–H groups in total. The number of ether oxygens (including phenoxy) is 1. The molecule has 0 saturated carbocycles. The molecule has 126 valence electrons. The molecule has 7 heteroatoms. The summed E-state index contributed by atoms with van der Waals surface area (Å²) in [6, 6.07) is 4.19. The maximum Gasteiger partial charge on any atom is 0.191 e. The number of guanidine groups is 1. The molecular weight excluding hydrogens is 403 g/mol. The summed E-state index contributed by atoms with van der Waals surface area (Å²) in [5.41, 5.74) is 0.0295. The lowest BCUT2D eigenvalue weighted by Crippen LogP contribution is -2.45. The van der Waals surface area contributed by atoms with Gasteiger partial charge in [-0.05, 0) is 31.9 Å². The van der Waals surface area contributed by atoms with Crippen molar-refractivity contribution in [2.24, 2.45) is 4.99 Å². The van der Waals surface area contributed by atoms with E-state index in [1.165, 1.54) is 6.07 Å². The maximum atomic E-state index is 13.5. The first-order valence-electron chi connectivity index (χ1n) is 6.82. The lowest BCUT2D eigenvalue weighted by molar-refractivity contribution is 0.0268. The van der Waals surface area contributed by atoms with Crippen LogP contribution in [0.3, 0.4) is 0 Å². The molecule has 0 radical (unpaired) electrons. The Morgan fingerprint density at radius 2 is 1.95 bits per heavy atom. The second-order valence-electron chi connectivity index (χ2n) is 5.28. The predicted molar refractivity (Wildman–Crippen MR) is 95.9 cm³/mol. The molecule has 22 heavy (non-hydrogen) atoms. The molecule has 4 nitrogen and oxygen atoms in total. The van der Waals surface area contributed by atoms with E-state index in [9.17, 15) is 8.78 Å². The van der Waals surface area contributed by atoms with E-state index >= 15 is 0 Å². The molecule has 0 saturated heterocycles. The Morgan fingerprint density at radius 3 is 2.55 bits per heavy atom. The van der Waals surface area contributed by atoms with Gasteiger partial charge in [-0.2, -0.15) is 0 Å². The van der Waals surface area contributed by atoms with E-state index in [4.69, 9.17) is 4.74 Å². The minimum atomic E-state index is -0.822. The van der Waals surface area contributed by atoms with Gasteiger partial charge in [-0.1, -0.05) is 12.1 Å². The number of hydrogen-bond acceptors (Lipinski definition) is 2. The Balaban J connectivity index is 0.00000441. The third-order valence-corrected chi connectivity index (χ3v) is 3.18. The van der Waals surface area contributed by atoms with Gasteiger partial charge in [0.25, 0.3) is 0 Å². The van der Waals surface area contributed by atoms with Crippen molar-refractivity contribution < 1.29 is 13.5 Å². The van der Waals surface area contributed by atoms with Crippen LogP contribution in [0.4, 0.5) is 8.78 Å². The van der Waals surface area contributed by atoms with Crippen molar-refractivity contribution in [2.45, 2.75) is 25.9 Å². The Morgan fingerprint density at radius 1 is 1.27 bits per heavy atom. The fourth-order valence-electron chi connectivity index (χ4n) is 1.65. The van der Waals surface area contributed by atoms with Crippen LogP contribution in [0.15, 0.2) is 23.2 Å². The maximum absolute atomic E-state index is 13.5. The fourth-order valence-corrected chi connectivity index (χ4v) is 1.65. The van der Waals surface area contributed by atoms with Crippen molar-refractivity contribution in [3.63, 3.8) is 0 Å². The zero-order valence-electron chi connectivity index (χ0n) is 13.4. The van der Waals surface area contributed by atoms with Crippen molar-refractivity contribution in [2.75, 3.05) is 27.2 Å². The number of nitrogens with zero attached hydrogens (tertiary/aromatic N) is 1. The first kappa shape index (κ1) is 21.0. The topological polar surface area (TPSA) is 45.7 Å². The fraction of sp³-hybridized carbons (Fsp3) is 0.533. The molecule has 1 aromatic rings. The van der Waals surface area contributed by atoms with Crippen molar-refractivity contribution in [3.8, 4) is 0 Å². The van der Waals surface area contributed by atoms with Crippen LogP contribution in [0.2, 0.25) is 0 Å². The lowest BCUT2D eigenvalue weighted by Gasteiger charge is -2.24. The van der Waals surface area contributed by atoms with Gasteiger partial charge in [0.2, 0.25) is 0 Å². The van der Waals surface area contributed by atoms with Crippen molar-refractivity contribution in [1.82, 2.24) is 10.6 Å². The Labute approximate surface area is 147 Å². The van der Waals surface area contributed by atoms with Crippen molar-refractivity contribution in [1.29, 1.82) is 0 Å². The average Bonchev–Trinajstić information content (AvgIpc) is 2.47. The van der Waals surface area contributed by atoms with E-state index in [0.29, 0.717) is 31.0 Å². The van der Waals surface area contributed by atoms with Crippen LogP contribution in [-0.4, -0.2) is 38.8 Å². The Hall–Kier alpha value is -0.960. The van der Waals surface area contributed by atoms with Gasteiger partial charge in [0, 0.05) is 27.2 Å². The third-order valence-electron chi connectivity index (χ3n) is 3.18. The molecule has 0 spiro atoms. The van der Waals surface area contributed by atoms with Gasteiger partial charge in [0.15, 0.2) is 17.6 Å². The summed E-state index contributed by atoms with van der Waals surface area (Å²) in [5, 5.41) is 6.17. The van der Waals surface area contributed by atoms with Gasteiger partial charge < -0.3 is 15.4 Å². The van der Waals surface area contributed by atoms with Crippen LogP contribution in [0.5, 0.6) is 0 Å². The molecule has 0 aliphatic carbocycles. The first-order valence-corrected chi connectivity index (χ1v) is 6.82. The highest BCUT2D eigenvalue weighted by molar-refractivity contribution is 14.0. The molecule has 0 fully saturated rings. The van der Waals surface area contributed by atoms with Crippen LogP contribution in [0.25, 0.3) is 0 Å². The van der Waals surface area contributed by atoms with E-state index in [1.54, 1.807) is 20.2 Å². The Bertz CT molecular complexity index is 496. The summed E-state index contributed by atoms with van der Waals surface area (Å²) in [4.78, 5) is 4.07. The van der Waals surface area contributed by atoms with Gasteiger partial charge in [-0.15, -0.1) is 24.0 Å². The highest BCUT2D eigenvalue weighted by Gasteiger charge is 2.16. The summed E-state index contributed by atoms with van der Waals surface area (Å²) in [6.45, 7) is 4.94. The monoisotopic (exact) mass is 427 g/mol. The SMILES string of the molecule is CN=C(NCCc1cccc(F)c1F)NCC(C)(C)OC.I. The number of aliphatic imine (C=N–C) groups is 1. The molecular formula is C15H24F2IN3O. The first-order chi connectivity index (χ1) is 9.89. The number of methoxy groups -OCH3 is 1. The summed E-state index contributed by atoms with van der Waals surface area (Å²) in [6.07, 6.45) is 0.373. The quantitative estimate of drug-likeness (QED) is 0.417. The number of rotatable bonds is 6. The van der Waals surface area contributed by atoms with E-state index in [-0.39, 0.29) is 29.6 Å². The van der Waals surface area contributed by atoms with Crippen LogP contribution in [0, 0.1) is 11.6 Å². The van der Waals surface area contributed by atoms with Crippen LogP contribution in [0.1, 0.15) is 19.4 Å². The van der Waals surface area contributed by atoms with Crippen LogP contribution >= 0.6 is 24.0 Å². The average molecular weight is 427 g/mol. The molecule has 0 aliphatic heterocycles. The van der Waals surface area contributed by atoms with Gasteiger partial charge in [0.05, 0.1) is 5.60 Å². The molecule has 1 aromatic carbocycles. The van der Waals surface area contributed by atoms with Crippen molar-refractivity contribution in [3.05, 3.63) is 35.4 Å². The highest BCUT2D eigenvalue weighted by atomic mass is 127. The van der Waals surface area contributed by atoms with Crippen LogP contribution in [-0.2, 0) is 11.2 Å². The zero-order valence-corrected chi connectivity index (χ0v) is 15.7. The van der Waals surface area contributed by atoms with Gasteiger partial charge in [-0.25, -0.2) is 8.78 Å². The van der Waals surface area contributed by atoms with Crippen LogP contribution < -0.4 is 10.6 Å². The van der Waals surface area contributed by atoms with E-state index in [2.05, 4.69) is 15.6 Å². The third kappa shape index (κ3) is 6.87. The van der Waals surface area contributed by atoms with E-state index in [1.807, 2.05) is 13.8 Å². The minimum absolute atomic E-state index is 0. The molecule has 0 amide bonds. The summed E-state index contributed by atoms with van der Waals surface area (Å²) in [5.74, 6) is -1.02. The molecule has 0 aliphatic rings. The second kappa shape index (κ2) is 9.94. The summed E-state index contributed by atoms with van der Waals surface area (Å²) in [7, 11) is 3.29. The Kier molecular flexibility index (Phi) is 9.50. The van der Waals surface area contributed by atoms with Gasteiger partial charge in [-0.3, -0.25) is 4.99 Å². The van der Waals surface area contributed by atoms with Gasteiger partial charge >= 0.3 is 0 Å². The predicted octanol–water partition coefficient (Wildman–Crippen LogP) is 2.72. The molecule has 1 rings (SSSR count). The number of nitrogens with one attached hydrogen (secondary N) is 2. The molecule has 0 aromatic heterocycles. The van der Waals surface area contributed by atoms with E-state index in [0.717, 1.165) is 6.07 Å². The smallest absolute Gasteiger partial charge is 0.191 e. The van der Waals surface area contributed by atoms with Gasteiger partial charge in [0.1, 0.15) is 0 Å². The zero-order chi connectivity index (χ0) is 15.9. The largest absolute Gasteiger partial charge is 0.377 e. The number of benzene rings is 1. The van der Waals surface area contributed by atoms with Crippen molar-refractivity contribution >= 4 is 29.9 Å². The summed E-state index contributed by atoms with van der Waals surface area (Å²) < 4.78 is 31.9. The second-order valence-corrected chi connectivity index (χ2v) is 5.28.